The van der Waals surface area contributed by atoms with Gasteiger partial charge in [0.25, 0.3) is 10.0 Å². The molecule has 3 heterocycles. The summed E-state index contributed by atoms with van der Waals surface area (Å²) < 4.78 is 38.4. The summed E-state index contributed by atoms with van der Waals surface area (Å²) in [5, 5.41) is 6.20. The molecule has 0 spiro atoms. The number of methoxy groups -OCH3 is 1. The number of nitrogens with one attached hydrogen (secondary N) is 2. The van der Waals surface area contributed by atoms with E-state index in [1.165, 1.54) is 11.8 Å². The van der Waals surface area contributed by atoms with Gasteiger partial charge in [0.2, 0.25) is 17.7 Å². The maximum atomic E-state index is 12.4. The quantitative estimate of drug-likeness (QED) is 0.785. The van der Waals surface area contributed by atoms with Gasteiger partial charge in [-0.05, 0) is 6.92 Å². The minimum atomic E-state index is -4.16. The van der Waals surface area contributed by atoms with Crippen molar-refractivity contribution in [1.29, 1.82) is 0 Å². The molecule has 0 fully saturated rings. The fourth-order valence-corrected chi connectivity index (χ4v) is 3.22. The lowest BCUT2D eigenvalue weighted by molar-refractivity contribution is 0.224. The number of ether oxygens (including phenoxy) is 2. The van der Waals surface area contributed by atoms with Gasteiger partial charge in [-0.15, -0.1) is 0 Å². The molecule has 25 heavy (non-hydrogen) atoms. The molecule has 2 amide bonds. The van der Waals surface area contributed by atoms with Gasteiger partial charge in [0.1, 0.15) is 0 Å². The summed E-state index contributed by atoms with van der Waals surface area (Å²) in [6.07, 6.45) is 1.87. The van der Waals surface area contributed by atoms with E-state index in [0.29, 0.717) is 18.8 Å². The van der Waals surface area contributed by atoms with Crippen LogP contribution >= 0.6 is 0 Å². The van der Waals surface area contributed by atoms with Crippen LogP contribution in [-0.4, -0.2) is 47.9 Å². The van der Waals surface area contributed by atoms with E-state index in [4.69, 9.17) is 9.47 Å². The first-order valence-electron chi connectivity index (χ1n) is 7.31. The monoisotopic (exact) mass is 368 g/mol. The number of urea groups is 1. The highest BCUT2D eigenvalue weighted by atomic mass is 32.2. The van der Waals surface area contributed by atoms with E-state index in [1.54, 1.807) is 13.0 Å². The first kappa shape index (κ1) is 17.0. The highest BCUT2D eigenvalue weighted by Gasteiger charge is 2.28. The van der Waals surface area contributed by atoms with E-state index < -0.39 is 16.1 Å². The predicted octanol–water partition coefficient (Wildman–Crippen LogP) is 0.283. The van der Waals surface area contributed by atoms with E-state index in [-0.39, 0.29) is 22.6 Å². The van der Waals surface area contributed by atoms with Crippen molar-refractivity contribution >= 4 is 22.0 Å². The van der Waals surface area contributed by atoms with Gasteiger partial charge in [0, 0.05) is 24.7 Å². The largest absolute Gasteiger partial charge is 0.481 e. The molecule has 0 bridgehead atoms. The van der Waals surface area contributed by atoms with Gasteiger partial charge >= 0.3 is 6.03 Å². The minimum absolute atomic E-state index is 0.0853. The van der Waals surface area contributed by atoms with Crippen molar-refractivity contribution in [2.45, 2.75) is 24.8 Å². The summed E-state index contributed by atoms with van der Waals surface area (Å²) >= 11 is 0. The number of hydrogen-bond acceptors (Lipinski definition) is 8. The lowest BCUT2D eigenvalue weighted by Crippen LogP contribution is -2.35. The smallest absolute Gasteiger partial charge is 0.335 e. The first-order chi connectivity index (χ1) is 11.9. The van der Waals surface area contributed by atoms with Gasteiger partial charge in [-0.2, -0.15) is 10.1 Å². The van der Waals surface area contributed by atoms with Gasteiger partial charge in [0.15, 0.2) is 4.90 Å². The molecular weight excluding hydrogens is 352 g/mol. The van der Waals surface area contributed by atoms with Crippen LogP contribution in [-0.2, 0) is 16.6 Å². The second kappa shape index (κ2) is 6.55. The highest BCUT2D eigenvalue weighted by molar-refractivity contribution is 7.90. The number of rotatable bonds is 4. The number of amides is 2. The van der Waals surface area contributed by atoms with Gasteiger partial charge in [-0.1, -0.05) is 0 Å². The average Bonchev–Trinajstić information content (AvgIpc) is 2.98. The Morgan fingerprint density at radius 2 is 2.20 bits per heavy atom. The fourth-order valence-electron chi connectivity index (χ4n) is 2.23. The van der Waals surface area contributed by atoms with Crippen molar-refractivity contribution in [3.05, 3.63) is 18.0 Å². The summed E-state index contributed by atoms with van der Waals surface area (Å²) in [5.41, 5.74) is 0.545. The number of aryl methyl sites for hydroxylation is 2. The van der Waals surface area contributed by atoms with Gasteiger partial charge in [-0.3, -0.25) is 5.32 Å². The summed E-state index contributed by atoms with van der Waals surface area (Å²) in [7, 11) is -2.74. The molecule has 2 aromatic heterocycles. The molecular formula is C13H16N6O5S. The van der Waals surface area contributed by atoms with Crippen molar-refractivity contribution in [3.63, 3.8) is 0 Å². The molecule has 2 aromatic rings. The summed E-state index contributed by atoms with van der Waals surface area (Å²) in [6, 6.07) is 0.555. The molecule has 12 heteroatoms. The summed E-state index contributed by atoms with van der Waals surface area (Å²) in [4.78, 5) is 19.7. The molecule has 0 saturated heterocycles. The molecule has 1 aliphatic heterocycles. The molecule has 0 saturated carbocycles. The van der Waals surface area contributed by atoms with Gasteiger partial charge in [-0.25, -0.2) is 27.6 Å². The van der Waals surface area contributed by atoms with Crippen LogP contribution in [0.5, 0.6) is 11.8 Å². The number of carbonyl (C=O) groups is 1. The Bertz CT molecular complexity index is 910. The van der Waals surface area contributed by atoms with Gasteiger partial charge < -0.3 is 9.47 Å². The fraction of sp³-hybridized carbons (Fsp3) is 0.385. The standard InChI is InChI=1S/C13H16N6O5S/c1-8-6-10(23-2)16-12(15-8)17-13(20)18-25(21,22)9-7-14-19-4-3-5-24-11(9)19/h6-7H,3-5H2,1-2H3,(H2,15,16,17,18,20). The number of sulfonamides is 1. The van der Waals surface area contributed by atoms with E-state index in [1.807, 2.05) is 4.72 Å². The van der Waals surface area contributed by atoms with E-state index in [9.17, 15) is 13.2 Å². The Balaban J connectivity index is 1.76. The number of hydrogen-bond donors (Lipinski definition) is 2. The molecule has 1 aliphatic rings. The Morgan fingerprint density at radius 1 is 1.40 bits per heavy atom. The lowest BCUT2D eigenvalue weighted by atomic mass is 10.4. The van der Waals surface area contributed by atoms with Crippen LogP contribution in [0, 0.1) is 6.92 Å². The average molecular weight is 368 g/mol. The van der Waals surface area contributed by atoms with Gasteiger partial charge in [0.05, 0.1) is 19.9 Å². The predicted molar refractivity (Wildman–Crippen MR) is 85.0 cm³/mol. The molecule has 0 atom stereocenters. The van der Waals surface area contributed by atoms with Crippen molar-refractivity contribution in [1.82, 2.24) is 24.5 Å². The summed E-state index contributed by atoms with van der Waals surface area (Å²) in [5.74, 6) is 0.266. The van der Waals surface area contributed by atoms with E-state index in [0.717, 1.165) is 12.6 Å². The Hall–Kier alpha value is -2.89. The lowest BCUT2D eigenvalue weighted by Gasteiger charge is -2.16. The van der Waals surface area contributed by atoms with E-state index in [2.05, 4.69) is 20.4 Å². The van der Waals surface area contributed by atoms with Crippen LogP contribution in [0.1, 0.15) is 12.1 Å². The Kier molecular flexibility index (Phi) is 4.44. The first-order valence-corrected chi connectivity index (χ1v) is 8.79. The summed E-state index contributed by atoms with van der Waals surface area (Å²) in [6.45, 7) is 2.62. The molecule has 0 radical (unpaired) electrons. The maximum absolute atomic E-state index is 12.4. The molecule has 0 aromatic carbocycles. The van der Waals surface area contributed by atoms with Crippen LogP contribution in [0.15, 0.2) is 17.2 Å². The molecule has 0 aliphatic carbocycles. The minimum Gasteiger partial charge on any atom is -0.481 e. The zero-order chi connectivity index (χ0) is 18.0. The molecule has 0 unspecified atom stereocenters. The number of fused-ring (bicyclic) bond motifs is 1. The third-order valence-electron chi connectivity index (χ3n) is 3.29. The highest BCUT2D eigenvalue weighted by Crippen LogP contribution is 2.26. The SMILES string of the molecule is COc1cc(C)nc(NC(=O)NS(=O)(=O)c2cnn3c2OCCC3)n1. The third-order valence-corrected chi connectivity index (χ3v) is 4.61. The second-order valence-corrected chi connectivity index (χ2v) is 6.82. The molecule has 2 N–H and O–H groups in total. The zero-order valence-corrected chi connectivity index (χ0v) is 14.3. The topological polar surface area (TPSA) is 137 Å². The number of carbonyl (C=O) groups excluding carboxylic acids is 1. The number of nitrogens with zero attached hydrogens (tertiary/aromatic N) is 4. The van der Waals surface area contributed by atoms with Crippen molar-refractivity contribution in [2.75, 3.05) is 19.0 Å². The third kappa shape index (κ3) is 3.63. The van der Waals surface area contributed by atoms with Crippen LogP contribution in [0.4, 0.5) is 10.7 Å². The molecule has 11 nitrogen and oxygen atoms in total. The van der Waals surface area contributed by atoms with Crippen molar-refractivity contribution in [2.24, 2.45) is 0 Å². The molecule has 134 valence electrons. The number of anilines is 1. The number of aromatic nitrogens is 4. The van der Waals surface area contributed by atoms with Crippen LogP contribution < -0.4 is 19.5 Å². The maximum Gasteiger partial charge on any atom is 0.335 e. The second-order valence-electron chi connectivity index (χ2n) is 5.17. The Morgan fingerprint density at radius 3 is 2.96 bits per heavy atom. The van der Waals surface area contributed by atoms with Crippen molar-refractivity contribution < 1.29 is 22.7 Å². The Labute approximate surface area is 143 Å². The molecule has 3 rings (SSSR count). The van der Waals surface area contributed by atoms with Crippen LogP contribution in [0.2, 0.25) is 0 Å². The normalized spacial score (nSPS) is 13.5. The van der Waals surface area contributed by atoms with Crippen LogP contribution in [0.25, 0.3) is 0 Å². The zero-order valence-electron chi connectivity index (χ0n) is 13.5. The van der Waals surface area contributed by atoms with Crippen LogP contribution in [0.3, 0.4) is 0 Å². The van der Waals surface area contributed by atoms with Crippen molar-refractivity contribution in [3.8, 4) is 11.8 Å². The van der Waals surface area contributed by atoms with E-state index >= 15 is 0 Å².